The van der Waals surface area contributed by atoms with E-state index in [4.69, 9.17) is 0 Å². The fourth-order valence-corrected chi connectivity index (χ4v) is 3.28. The summed E-state index contributed by atoms with van der Waals surface area (Å²) in [4.78, 5) is 26.3. The van der Waals surface area contributed by atoms with Gasteiger partial charge in [0.1, 0.15) is 0 Å². The van der Waals surface area contributed by atoms with E-state index < -0.39 is 5.41 Å². The van der Waals surface area contributed by atoms with Crippen molar-refractivity contribution in [2.75, 3.05) is 11.9 Å². The van der Waals surface area contributed by atoms with Crippen molar-refractivity contribution in [2.45, 2.75) is 39.2 Å². The second-order valence-electron chi connectivity index (χ2n) is 7.28. The Hall–Kier alpha value is -2.62. The molecule has 4 nitrogen and oxygen atoms in total. The van der Waals surface area contributed by atoms with Crippen LogP contribution in [0.3, 0.4) is 0 Å². The number of anilines is 1. The van der Waals surface area contributed by atoms with Gasteiger partial charge >= 0.3 is 0 Å². The first-order chi connectivity index (χ1) is 11.8. The van der Waals surface area contributed by atoms with Gasteiger partial charge in [0.2, 0.25) is 11.8 Å². The van der Waals surface area contributed by atoms with Crippen molar-refractivity contribution in [3.63, 3.8) is 0 Å². The van der Waals surface area contributed by atoms with Crippen LogP contribution in [0.5, 0.6) is 0 Å². The number of carbonyl (C=O) groups excluding carboxylic acids is 2. The fourth-order valence-electron chi connectivity index (χ4n) is 3.28. The summed E-state index contributed by atoms with van der Waals surface area (Å²) in [5, 5.41) is 2.96. The van der Waals surface area contributed by atoms with Gasteiger partial charge in [-0.2, -0.15) is 0 Å². The molecule has 0 aliphatic carbocycles. The first-order valence-corrected chi connectivity index (χ1v) is 8.53. The highest BCUT2D eigenvalue weighted by atomic mass is 16.2. The highest BCUT2D eigenvalue weighted by Crippen LogP contribution is 2.41. The second-order valence-corrected chi connectivity index (χ2v) is 7.28. The van der Waals surface area contributed by atoms with Crippen LogP contribution in [0.25, 0.3) is 0 Å². The lowest BCUT2D eigenvalue weighted by Crippen LogP contribution is -2.33. The molecule has 1 aliphatic rings. The number of amides is 2. The first-order valence-electron chi connectivity index (χ1n) is 8.53. The SMILES string of the molecule is Cc1ccc(CNC(=O)Cc2ccc3c(c2)C(C)(C)C(=O)N3C)cc1. The van der Waals surface area contributed by atoms with Gasteiger partial charge < -0.3 is 10.2 Å². The molecule has 130 valence electrons. The third-order valence-electron chi connectivity index (χ3n) is 4.91. The molecule has 1 N–H and O–H groups in total. The number of aryl methyl sites for hydroxylation is 1. The summed E-state index contributed by atoms with van der Waals surface area (Å²) < 4.78 is 0. The molecule has 0 aromatic heterocycles. The largest absolute Gasteiger partial charge is 0.352 e. The second kappa shape index (κ2) is 6.36. The third-order valence-corrected chi connectivity index (χ3v) is 4.91. The third kappa shape index (κ3) is 3.29. The number of benzene rings is 2. The van der Waals surface area contributed by atoms with Crippen molar-refractivity contribution in [1.82, 2.24) is 5.32 Å². The summed E-state index contributed by atoms with van der Waals surface area (Å²) in [7, 11) is 1.80. The van der Waals surface area contributed by atoms with Crippen LogP contribution in [0.4, 0.5) is 5.69 Å². The van der Waals surface area contributed by atoms with Gasteiger partial charge in [0.15, 0.2) is 0 Å². The number of likely N-dealkylation sites (N-methyl/N-ethyl adjacent to an activating group) is 1. The number of nitrogens with one attached hydrogen (secondary N) is 1. The summed E-state index contributed by atoms with van der Waals surface area (Å²) in [6, 6.07) is 14.0. The molecule has 0 fully saturated rings. The van der Waals surface area contributed by atoms with Gasteiger partial charge in [0.25, 0.3) is 0 Å². The molecule has 2 amide bonds. The average Bonchev–Trinajstić information content (AvgIpc) is 2.75. The van der Waals surface area contributed by atoms with E-state index in [2.05, 4.69) is 5.32 Å². The summed E-state index contributed by atoms with van der Waals surface area (Å²) in [5.74, 6) is 0.0690. The van der Waals surface area contributed by atoms with Gasteiger partial charge in [-0.25, -0.2) is 0 Å². The van der Waals surface area contributed by atoms with E-state index in [1.165, 1.54) is 5.56 Å². The molecule has 25 heavy (non-hydrogen) atoms. The summed E-state index contributed by atoms with van der Waals surface area (Å²) in [6.45, 7) is 6.43. The Morgan fingerprint density at radius 3 is 2.40 bits per heavy atom. The zero-order valence-electron chi connectivity index (χ0n) is 15.2. The molecule has 0 radical (unpaired) electrons. The molecule has 0 unspecified atom stereocenters. The van der Waals surface area contributed by atoms with E-state index in [1.54, 1.807) is 11.9 Å². The first kappa shape index (κ1) is 17.2. The topological polar surface area (TPSA) is 49.4 Å². The Labute approximate surface area is 148 Å². The smallest absolute Gasteiger partial charge is 0.236 e. The number of hydrogen-bond acceptors (Lipinski definition) is 2. The predicted molar refractivity (Wildman–Crippen MR) is 99.6 cm³/mol. The molecule has 0 bridgehead atoms. The van der Waals surface area contributed by atoms with E-state index >= 15 is 0 Å². The Kier molecular flexibility index (Phi) is 4.38. The Morgan fingerprint density at radius 1 is 1.08 bits per heavy atom. The zero-order valence-corrected chi connectivity index (χ0v) is 15.2. The summed E-state index contributed by atoms with van der Waals surface area (Å²) in [5.41, 5.74) is 4.59. The molecule has 1 heterocycles. The molecule has 1 aliphatic heterocycles. The quantitative estimate of drug-likeness (QED) is 0.933. The Bertz CT molecular complexity index is 822. The van der Waals surface area contributed by atoms with E-state index in [9.17, 15) is 9.59 Å². The van der Waals surface area contributed by atoms with Crippen molar-refractivity contribution >= 4 is 17.5 Å². The lowest BCUT2D eigenvalue weighted by atomic mass is 9.85. The van der Waals surface area contributed by atoms with Crippen LogP contribution in [0.1, 0.15) is 36.1 Å². The lowest BCUT2D eigenvalue weighted by Gasteiger charge is -2.16. The monoisotopic (exact) mass is 336 g/mol. The molecule has 3 rings (SSSR count). The summed E-state index contributed by atoms with van der Waals surface area (Å²) >= 11 is 0. The van der Waals surface area contributed by atoms with Gasteiger partial charge in [-0.3, -0.25) is 9.59 Å². The maximum absolute atomic E-state index is 12.3. The van der Waals surface area contributed by atoms with Crippen LogP contribution in [-0.2, 0) is 28.0 Å². The number of rotatable bonds is 4. The average molecular weight is 336 g/mol. The molecule has 0 spiro atoms. The number of hydrogen-bond donors (Lipinski definition) is 1. The van der Waals surface area contributed by atoms with Gasteiger partial charge in [-0.15, -0.1) is 0 Å². The minimum absolute atomic E-state index is 0.0176. The maximum atomic E-state index is 12.3. The Morgan fingerprint density at radius 2 is 1.72 bits per heavy atom. The Balaban J connectivity index is 1.68. The minimum atomic E-state index is -0.543. The van der Waals surface area contributed by atoms with E-state index in [0.29, 0.717) is 13.0 Å². The van der Waals surface area contributed by atoms with Crippen molar-refractivity contribution in [1.29, 1.82) is 0 Å². The van der Waals surface area contributed by atoms with E-state index in [-0.39, 0.29) is 11.8 Å². The van der Waals surface area contributed by atoms with Crippen molar-refractivity contribution in [3.05, 3.63) is 64.7 Å². The van der Waals surface area contributed by atoms with Crippen molar-refractivity contribution in [3.8, 4) is 0 Å². The van der Waals surface area contributed by atoms with Gasteiger partial charge in [-0.1, -0.05) is 42.0 Å². The van der Waals surface area contributed by atoms with Crippen LogP contribution < -0.4 is 10.2 Å². The zero-order chi connectivity index (χ0) is 18.2. The van der Waals surface area contributed by atoms with Crippen LogP contribution in [0, 0.1) is 6.92 Å². The molecule has 0 saturated heterocycles. The molecular weight excluding hydrogens is 312 g/mol. The van der Waals surface area contributed by atoms with Gasteiger partial charge in [0.05, 0.1) is 11.8 Å². The van der Waals surface area contributed by atoms with Crippen LogP contribution >= 0.6 is 0 Å². The van der Waals surface area contributed by atoms with Crippen LogP contribution in [0.15, 0.2) is 42.5 Å². The molecule has 0 atom stereocenters. The maximum Gasteiger partial charge on any atom is 0.236 e. The number of fused-ring (bicyclic) bond motifs is 1. The normalized spacial score (nSPS) is 15.2. The summed E-state index contributed by atoms with van der Waals surface area (Å²) in [6.07, 6.45) is 0.313. The van der Waals surface area contributed by atoms with E-state index in [0.717, 1.165) is 22.4 Å². The predicted octanol–water partition coefficient (Wildman–Crippen LogP) is 3.11. The van der Waals surface area contributed by atoms with Crippen LogP contribution in [0.2, 0.25) is 0 Å². The van der Waals surface area contributed by atoms with E-state index in [1.807, 2.05) is 63.2 Å². The van der Waals surface area contributed by atoms with Crippen LogP contribution in [-0.4, -0.2) is 18.9 Å². The van der Waals surface area contributed by atoms with Gasteiger partial charge in [-0.05, 0) is 43.5 Å². The molecule has 0 saturated carbocycles. The van der Waals surface area contributed by atoms with Crippen molar-refractivity contribution < 1.29 is 9.59 Å². The fraction of sp³-hybridized carbons (Fsp3) is 0.333. The van der Waals surface area contributed by atoms with Gasteiger partial charge in [0, 0.05) is 19.3 Å². The highest BCUT2D eigenvalue weighted by Gasteiger charge is 2.42. The molecule has 2 aromatic rings. The minimum Gasteiger partial charge on any atom is -0.352 e. The molecule has 2 aromatic carbocycles. The molecule has 4 heteroatoms. The lowest BCUT2D eigenvalue weighted by molar-refractivity contribution is -0.122. The van der Waals surface area contributed by atoms with Crippen molar-refractivity contribution in [2.24, 2.45) is 0 Å². The molecular formula is C21H24N2O2. The standard InChI is InChI=1S/C21H24N2O2/c1-14-5-7-15(8-6-14)13-22-19(24)12-16-9-10-18-17(11-16)21(2,3)20(25)23(18)4/h5-11H,12-13H2,1-4H3,(H,22,24). The highest BCUT2D eigenvalue weighted by molar-refractivity contribution is 6.07. The number of nitrogens with zero attached hydrogens (tertiary/aromatic N) is 1. The number of carbonyl (C=O) groups is 2.